The predicted molar refractivity (Wildman–Crippen MR) is 110 cm³/mol. The molecule has 4 nitrogen and oxygen atoms in total. The highest BCUT2D eigenvalue weighted by molar-refractivity contribution is 7.99. The number of ether oxygens (including phenoxy) is 1. The van der Waals surface area contributed by atoms with Crippen LogP contribution in [-0.2, 0) is 0 Å². The summed E-state index contributed by atoms with van der Waals surface area (Å²) in [4.78, 5) is 11.1. The van der Waals surface area contributed by atoms with Crippen molar-refractivity contribution in [1.82, 2.24) is 9.78 Å². The highest BCUT2D eigenvalue weighted by atomic mass is 32.2. The number of benzene rings is 3. The van der Waals surface area contributed by atoms with Gasteiger partial charge in [0.2, 0.25) is 11.7 Å². The average molecular weight is 512 g/mol. The van der Waals surface area contributed by atoms with Crippen LogP contribution in [0.15, 0.2) is 58.3 Å². The van der Waals surface area contributed by atoms with Gasteiger partial charge in [-0.1, -0.05) is 36.0 Å². The van der Waals surface area contributed by atoms with E-state index in [0.717, 1.165) is 22.9 Å². The Labute approximate surface area is 196 Å². The van der Waals surface area contributed by atoms with Crippen molar-refractivity contribution in [3.63, 3.8) is 0 Å². The van der Waals surface area contributed by atoms with E-state index in [-0.39, 0.29) is 28.0 Å². The Kier molecular flexibility index (Phi) is 6.57. The van der Waals surface area contributed by atoms with Gasteiger partial charge in [0.15, 0.2) is 23.3 Å². The lowest BCUT2D eigenvalue weighted by molar-refractivity contribution is 0.0708. The summed E-state index contributed by atoms with van der Waals surface area (Å²) in [6, 6.07) is 10.4. The molecule has 0 saturated carbocycles. The molecule has 0 bridgehead atoms. The molecule has 1 aromatic heterocycles. The van der Waals surface area contributed by atoms with Crippen molar-refractivity contribution in [1.29, 1.82) is 0 Å². The Hall–Kier alpha value is -3.80. The lowest BCUT2D eigenvalue weighted by atomic mass is 10.2. The normalized spacial score (nSPS) is 11.1. The highest BCUT2D eigenvalue weighted by Crippen LogP contribution is 2.42. The van der Waals surface area contributed by atoms with Crippen molar-refractivity contribution in [3.05, 3.63) is 101 Å². The summed E-state index contributed by atoms with van der Waals surface area (Å²) >= 11 is 0.0475. The molecule has 0 saturated heterocycles. The molecule has 4 rings (SSSR count). The standard InChI is InChI=1S/C23H11F7N2O2S/c1-10-20(35-21-18(29)16(27)15(26)17(28)19(21)30)22(32(31-10)11-6-3-2-4-7-11)34-23(33)14-12(24)8-5-9-13(14)25/h2-9H,1H3. The smallest absolute Gasteiger partial charge is 0.350 e. The van der Waals surface area contributed by atoms with Gasteiger partial charge in [-0.05, 0) is 31.2 Å². The zero-order valence-corrected chi connectivity index (χ0v) is 18.2. The van der Waals surface area contributed by atoms with Crippen LogP contribution in [0.3, 0.4) is 0 Å². The minimum Gasteiger partial charge on any atom is -0.402 e. The van der Waals surface area contributed by atoms with Gasteiger partial charge in [0.05, 0.1) is 21.2 Å². The molecular weight excluding hydrogens is 501 g/mol. The molecule has 0 unspecified atom stereocenters. The third kappa shape index (κ3) is 4.36. The second kappa shape index (κ2) is 9.45. The fourth-order valence-electron chi connectivity index (χ4n) is 3.05. The molecule has 0 N–H and O–H groups in total. The number of carbonyl (C=O) groups excluding carboxylic acids is 1. The lowest BCUT2D eigenvalue weighted by Crippen LogP contribution is -2.15. The lowest BCUT2D eigenvalue weighted by Gasteiger charge is -2.12. The molecule has 35 heavy (non-hydrogen) atoms. The third-order valence-electron chi connectivity index (χ3n) is 4.70. The molecule has 0 aliphatic rings. The van der Waals surface area contributed by atoms with Gasteiger partial charge in [-0.15, -0.1) is 0 Å². The van der Waals surface area contributed by atoms with Crippen LogP contribution >= 0.6 is 11.8 Å². The Bertz CT molecular complexity index is 1410. The summed E-state index contributed by atoms with van der Waals surface area (Å²) in [5, 5.41) is 4.11. The SMILES string of the molecule is Cc1nn(-c2ccccc2)c(OC(=O)c2c(F)cccc2F)c1Sc1c(F)c(F)c(F)c(F)c1F. The number of para-hydroxylation sites is 1. The van der Waals surface area contributed by atoms with Crippen LogP contribution in [0, 0.1) is 47.6 Å². The number of halogens is 7. The summed E-state index contributed by atoms with van der Waals surface area (Å²) < 4.78 is 104. The molecule has 0 atom stereocenters. The Morgan fingerprint density at radius 1 is 0.771 bits per heavy atom. The van der Waals surface area contributed by atoms with E-state index in [2.05, 4.69) is 5.10 Å². The quantitative estimate of drug-likeness (QED) is 0.132. The summed E-state index contributed by atoms with van der Waals surface area (Å²) in [5.41, 5.74) is -0.839. The maximum absolute atomic E-state index is 14.3. The van der Waals surface area contributed by atoms with Crippen LogP contribution in [0.4, 0.5) is 30.7 Å². The first kappa shape index (κ1) is 24.3. The average Bonchev–Trinajstić information content (AvgIpc) is 3.14. The van der Waals surface area contributed by atoms with Gasteiger partial charge in [-0.3, -0.25) is 0 Å². The number of aryl methyl sites for hydroxylation is 1. The van der Waals surface area contributed by atoms with Crippen molar-refractivity contribution in [2.75, 3.05) is 0 Å². The molecule has 4 aromatic rings. The largest absolute Gasteiger partial charge is 0.402 e. The number of hydrogen-bond donors (Lipinski definition) is 0. The van der Waals surface area contributed by atoms with E-state index < -0.39 is 63.0 Å². The van der Waals surface area contributed by atoms with Crippen molar-refractivity contribution in [3.8, 4) is 11.6 Å². The Morgan fingerprint density at radius 3 is 1.89 bits per heavy atom. The summed E-state index contributed by atoms with van der Waals surface area (Å²) in [5.74, 6) is -15.5. The molecule has 12 heteroatoms. The third-order valence-corrected chi connectivity index (χ3v) is 5.93. The van der Waals surface area contributed by atoms with Crippen LogP contribution in [0.2, 0.25) is 0 Å². The van der Waals surface area contributed by atoms with Gasteiger partial charge < -0.3 is 4.74 Å². The van der Waals surface area contributed by atoms with Crippen LogP contribution < -0.4 is 4.74 Å². The van der Waals surface area contributed by atoms with Crippen LogP contribution in [0.5, 0.6) is 5.88 Å². The second-order valence-corrected chi connectivity index (χ2v) is 7.97. The van der Waals surface area contributed by atoms with Crippen LogP contribution in [0.25, 0.3) is 5.69 Å². The topological polar surface area (TPSA) is 44.1 Å². The zero-order valence-electron chi connectivity index (χ0n) is 17.4. The maximum atomic E-state index is 14.3. The number of aromatic nitrogens is 2. The number of rotatable bonds is 5. The highest BCUT2D eigenvalue weighted by Gasteiger charge is 2.31. The fraction of sp³-hybridized carbons (Fsp3) is 0.0435. The van der Waals surface area contributed by atoms with Crippen LogP contribution in [0.1, 0.15) is 16.1 Å². The van der Waals surface area contributed by atoms with Gasteiger partial charge in [0.1, 0.15) is 17.2 Å². The molecule has 0 aliphatic carbocycles. The van der Waals surface area contributed by atoms with Crippen LogP contribution in [-0.4, -0.2) is 15.7 Å². The summed E-state index contributed by atoms with van der Waals surface area (Å²) in [6.07, 6.45) is 0. The van der Waals surface area contributed by atoms with E-state index in [1.165, 1.54) is 19.1 Å². The van der Waals surface area contributed by atoms with Crippen molar-refractivity contribution in [2.24, 2.45) is 0 Å². The number of carbonyl (C=O) groups is 1. The van der Waals surface area contributed by atoms with Crippen molar-refractivity contribution >= 4 is 17.7 Å². The van der Waals surface area contributed by atoms with Gasteiger partial charge in [0, 0.05) is 0 Å². The van der Waals surface area contributed by atoms with Crippen molar-refractivity contribution in [2.45, 2.75) is 16.7 Å². The first-order valence-electron chi connectivity index (χ1n) is 9.62. The summed E-state index contributed by atoms with van der Waals surface area (Å²) in [7, 11) is 0. The minimum absolute atomic E-state index is 0.0420. The fourth-order valence-corrected chi connectivity index (χ4v) is 4.02. The molecule has 0 aliphatic heterocycles. The maximum Gasteiger partial charge on any atom is 0.350 e. The number of nitrogens with zero attached hydrogens (tertiary/aromatic N) is 2. The molecule has 0 amide bonds. The molecule has 1 heterocycles. The number of hydrogen-bond acceptors (Lipinski definition) is 4. The monoisotopic (exact) mass is 512 g/mol. The first-order valence-corrected chi connectivity index (χ1v) is 10.4. The molecule has 0 radical (unpaired) electrons. The van der Waals surface area contributed by atoms with E-state index in [4.69, 9.17) is 4.74 Å². The van der Waals surface area contributed by atoms with E-state index in [0.29, 0.717) is 0 Å². The van der Waals surface area contributed by atoms with Gasteiger partial charge in [0.25, 0.3) is 0 Å². The first-order chi connectivity index (χ1) is 16.6. The summed E-state index contributed by atoms with van der Waals surface area (Å²) in [6.45, 7) is 1.31. The molecule has 3 aromatic carbocycles. The van der Waals surface area contributed by atoms with Gasteiger partial charge >= 0.3 is 5.97 Å². The second-order valence-electron chi connectivity index (χ2n) is 6.95. The predicted octanol–water partition coefficient (Wildman–Crippen LogP) is 6.52. The Balaban J connectivity index is 1.88. The van der Waals surface area contributed by atoms with E-state index in [1.54, 1.807) is 18.2 Å². The zero-order chi connectivity index (χ0) is 25.4. The van der Waals surface area contributed by atoms with E-state index >= 15 is 0 Å². The minimum atomic E-state index is -2.34. The Morgan fingerprint density at radius 2 is 1.31 bits per heavy atom. The van der Waals surface area contributed by atoms with Crippen molar-refractivity contribution < 1.29 is 40.3 Å². The van der Waals surface area contributed by atoms with E-state index in [9.17, 15) is 35.5 Å². The number of esters is 1. The molecular formula is C23H11F7N2O2S. The molecule has 0 spiro atoms. The van der Waals surface area contributed by atoms with Gasteiger partial charge in [-0.2, -0.15) is 9.78 Å². The van der Waals surface area contributed by atoms with E-state index in [1.807, 2.05) is 0 Å². The molecule has 0 fully saturated rings. The van der Waals surface area contributed by atoms with Gasteiger partial charge in [-0.25, -0.2) is 35.5 Å². The molecule has 180 valence electrons.